The van der Waals surface area contributed by atoms with Gasteiger partial charge in [0.15, 0.2) is 0 Å². The van der Waals surface area contributed by atoms with Crippen molar-refractivity contribution in [3.63, 3.8) is 0 Å². The number of carbonyl (C=O) groups excluding carboxylic acids is 1. The molecular weight excluding hydrogens is 290 g/mol. The highest BCUT2D eigenvalue weighted by atomic mass is 28.4. The fourth-order valence-electron chi connectivity index (χ4n) is 2.87. The van der Waals surface area contributed by atoms with Crippen molar-refractivity contribution in [3.05, 3.63) is 59.2 Å². The summed E-state index contributed by atoms with van der Waals surface area (Å²) in [6.07, 6.45) is 0.624. The van der Waals surface area contributed by atoms with E-state index in [1.54, 1.807) is 0 Å². The Hall–Kier alpha value is -2.07. The molecule has 3 nitrogen and oxygen atoms in total. The van der Waals surface area contributed by atoms with Crippen molar-refractivity contribution in [1.82, 2.24) is 5.32 Å². The van der Waals surface area contributed by atoms with E-state index in [0.29, 0.717) is 6.54 Å². The average Bonchev–Trinajstić information content (AvgIpc) is 2.82. The monoisotopic (exact) mass is 311 g/mol. The molecule has 1 aliphatic carbocycles. The minimum Gasteiger partial charge on any atom is -0.504 e. The van der Waals surface area contributed by atoms with Gasteiger partial charge in [-0.15, -0.1) is 0 Å². The minimum atomic E-state index is -1.84. The predicted molar refractivity (Wildman–Crippen MR) is 91.4 cm³/mol. The number of hydrogen-bond acceptors (Lipinski definition) is 2. The lowest BCUT2D eigenvalue weighted by molar-refractivity contribution is 0.198. The summed E-state index contributed by atoms with van der Waals surface area (Å²) in [6.45, 7) is 6.52. The third kappa shape index (κ3) is 3.07. The molecule has 4 heteroatoms. The maximum atomic E-state index is 11.9. The molecule has 0 atom stereocenters. The molecule has 1 aliphatic rings. The smallest absolute Gasteiger partial charge is 0.393 e. The Morgan fingerprint density at radius 1 is 1.09 bits per heavy atom. The van der Waals surface area contributed by atoms with Gasteiger partial charge < -0.3 is 9.74 Å². The van der Waals surface area contributed by atoms with Gasteiger partial charge in [0.1, 0.15) is 0 Å². The first kappa shape index (κ1) is 14.8. The highest BCUT2D eigenvalue weighted by Crippen LogP contribution is 2.37. The lowest BCUT2D eigenvalue weighted by Gasteiger charge is -2.18. The van der Waals surface area contributed by atoms with E-state index in [0.717, 1.165) is 6.42 Å². The maximum Gasteiger partial charge on any atom is 0.393 e. The Morgan fingerprint density at radius 2 is 1.82 bits per heavy atom. The molecule has 1 amide bonds. The van der Waals surface area contributed by atoms with Gasteiger partial charge in [0, 0.05) is 6.54 Å². The van der Waals surface area contributed by atoms with E-state index in [1.165, 1.54) is 27.8 Å². The van der Waals surface area contributed by atoms with Gasteiger partial charge in [0.05, 0.1) is 0 Å². The molecule has 0 heterocycles. The Kier molecular flexibility index (Phi) is 3.79. The standard InChI is InChI=1S/C18H21NO2Si/c1-22(2,3)21-18(20)19-12-14-8-6-10-16-15-9-5-4-7-13(15)11-17(14)16/h4-10H,11-12H2,1-3H3,(H,19,20). The zero-order valence-electron chi connectivity index (χ0n) is 13.3. The number of nitrogens with one attached hydrogen (secondary N) is 1. The topological polar surface area (TPSA) is 38.3 Å². The molecule has 2 aromatic rings. The number of benzene rings is 2. The number of hydrogen-bond donors (Lipinski definition) is 1. The number of rotatable bonds is 3. The van der Waals surface area contributed by atoms with Crippen LogP contribution in [0.5, 0.6) is 0 Å². The highest BCUT2D eigenvalue weighted by molar-refractivity contribution is 6.71. The van der Waals surface area contributed by atoms with Crippen molar-refractivity contribution in [2.24, 2.45) is 0 Å². The molecule has 0 unspecified atom stereocenters. The SMILES string of the molecule is C[Si](C)(C)OC(=O)NCc1cccc2c1Cc1ccccc1-2. The molecule has 0 aromatic heterocycles. The quantitative estimate of drug-likeness (QED) is 0.732. The molecule has 114 valence electrons. The molecule has 0 bridgehead atoms. The number of fused-ring (bicyclic) bond motifs is 3. The first-order valence-corrected chi connectivity index (χ1v) is 11.0. The van der Waals surface area contributed by atoms with Crippen molar-refractivity contribution >= 4 is 14.4 Å². The first-order chi connectivity index (χ1) is 10.4. The zero-order chi connectivity index (χ0) is 15.7. The van der Waals surface area contributed by atoms with E-state index in [-0.39, 0.29) is 6.09 Å². The van der Waals surface area contributed by atoms with Crippen LogP contribution in [0.15, 0.2) is 42.5 Å². The van der Waals surface area contributed by atoms with E-state index >= 15 is 0 Å². The van der Waals surface area contributed by atoms with Crippen molar-refractivity contribution in [3.8, 4) is 11.1 Å². The molecule has 0 saturated heterocycles. The molecule has 0 aliphatic heterocycles. The molecule has 0 saturated carbocycles. The summed E-state index contributed by atoms with van der Waals surface area (Å²) in [5.41, 5.74) is 6.44. The van der Waals surface area contributed by atoms with Crippen LogP contribution in [-0.4, -0.2) is 14.4 Å². The first-order valence-electron chi connectivity index (χ1n) is 7.60. The predicted octanol–water partition coefficient (Wildman–Crippen LogP) is 4.32. The van der Waals surface area contributed by atoms with Gasteiger partial charge in [0.25, 0.3) is 0 Å². The summed E-state index contributed by atoms with van der Waals surface area (Å²) in [5.74, 6) is 0. The fraction of sp³-hybridized carbons (Fsp3) is 0.278. The summed E-state index contributed by atoms with van der Waals surface area (Å²) in [6, 6.07) is 14.8. The van der Waals surface area contributed by atoms with Crippen molar-refractivity contribution < 1.29 is 9.22 Å². The number of amides is 1. The van der Waals surface area contributed by atoms with E-state index in [1.807, 2.05) is 19.6 Å². The Morgan fingerprint density at radius 3 is 2.59 bits per heavy atom. The van der Waals surface area contributed by atoms with Crippen LogP contribution in [0, 0.1) is 0 Å². The fourth-order valence-corrected chi connectivity index (χ4v) is 3.50. The third-order valence-electron chi connectivity index (χ3n) is 3.77. The van der Waals surface area contributed by atoms with Crippen LogP contribution in [0.1, 0.15) is 16.7 Å². The van der Waals surface area contributed by atoms with E-state index in [9.17, 15) is 4.79 Å². The van der Waals surface area contributed by atoms with Crippen LogP contribution < -0.4 is 5.32 Å². The molecule has 22 heavy (non-hydrogen) atoms. The van der Waals surface area contributed by atoms with Gasteiger partial charge in [-0.3, -0.25) is 0 Å². The second-order valence-corrected chi connectivity index (χ2v) is 11.1. The Balaban J connectivity index is 1.76. The lowest BCUT2D eigenvalue weighted by Crippen LogP contribution is -2.35. The van der Waals surface area contributed by atoms with Crippen LogP contribution in [0.3, 0.4) is 0 Å². The van der Waals surface area contributed by atoms with Crippen LogP contribution in [0.4, 0.5) is 4.79 Å². The summed E-state index contributed by atoms with van der Waals surface area (Å²) < 4.78 is 5.43. The number of carbonyl (C=O) groups is 1. The average molecular weight is 311 g/mol. The molecule has 0 fully saturated rings. The van der Waals surface area contributed by atoms with Crippen LogP contribution in [0.2, 0.25) is 19.6 Å². The molecule has 3 rings (SSSR count). The maximum absolute atomic E-state index is 11.9. The summed E-state index contributed by atoms with van der Waals surface area (Å²) in [5, 5.41) is 2.89. The van der Waals surface area contributed by atoms with Gasteiger partial charge in [-0.1, -0.05) is 42.5 Å². The van der Waals surface area contributed by atoms with Gasteiger partial charge in [-0.2, -0.15) is 0 Å². The molecule has 0 spiro atoms. The lowest BCUT2D eigenvalue weighted by atomic mass is 10.0. The second-order valence-electron chi connectivity index (χ2n) is 6.63. The molecule has 0 radical (unpaired) electrons. The third-order valence-corrected chi connectivity index (χ3v) is 4.57. The van der Waals surface area contributed by atoms with Crippen LogP contribution in [0.25, 0.3) is 11.1 Å². The van der Waals surface area contributed by atoms with Gasteiger partial charge in [-0.25, -0.2) is 4.79 Å². The van der Waals surface area contributed by atoms with E-state index in [4.69, 9.17) is 4.43 Å². The highest BCUT2D eigenvalue weighted by Gasteiger charge is 2.22. The van der Waals surface area contributed by atoms with Crippen molar-refractivity contribution in [1.29, 1.82) is 0 Å². The molecular formula is C18H21NO2Si. The van der Waals surface area contributed by atoms with E-state index < -0.39 is 8.32 Å². The van der Waals surface area contributed by atoms with Crippen LogP contribution in [-0.2, 0) is 17.4 Å². The van der Waals surface area contributed by atoms with Crippen molar-refractivity contribution in [2.75, 3.05) is 0 Å². The summed E-state index contributed by atoms with van der Waals surface area (Å²) >= 11 is 0. The Bertz CT molecular complexity index is 719. The molecule has 1 N–H and O–H groups in total. The van der Waals surface area contributed by atoms with Gasteiger partial charge in [-0.05, 0) is 53.9 Å². The van der Waals surface area contributed by atoms with Crippen LogP contribution >= 0.6 is 0 Å². The zero-order valence-corrected chi connectivity index (χ0v) is 14.3. The van der Waals surface area contributed by atoms with Gasteiger partial charge >= 0.3 is 6.09 Å². The van der Waals surface area contributed by atoms with E-state index in [2.05, 4.69) is 47.8 Å². The largest absolute Gasteiger partial charge is 0.504 e. The second kappa shape index (κ2) is 5.61. The summed E-state index contributed by atoms with van der Waals surface area (Å²) in [4.78, 5) is 11.9. The normalized spacial score (nSPS) is 12.5. The Labute approximate surface area is 132 Å². The summed E-state index contributed by atoms with van der Waals surface area (Å²) in [7, 11) is -1.84. The molecule has 2 aromatic carbocycles. The minimum absolute atomic E-state index is 0.313. The van der Waals surface area contributed by atoms with Crippen molar-refractivity contribution in [2.45, 2.75) is 32.6 Å². The van der Waals surface area contributed by atoms with Gasteiger partial charge in [0.2, 0.25) is 8.32 Å².